The second-order valence-electron chi connectivity index (χ2n) is 6.68. The van der Waals surface area contributed by atoms with Gasteiger partial charge in [-0.05, 0) is 40.8 Å². The van der Waals surface area contributed by atoms with E-state index < -0.39 is 20.7 Å². The molecule has 0 radical (unpaired) electrons. The second kappa shape index (κ2) is 8.14. The Kier molecular flexibility index (Phi) is 6.16. The third-order valence-corrected chi connectivity index (χ3v) is 6.24. The number of fused-ring (bicyclic) bond motifs is 1. The van der Waals surface area contributed by atoms with E-state index in [1.807, 2.05) is 24.3 Å². The molecule has 0 saturated heterocycles. The lowest BCUT2D eigenvalue weighted by Crippen LogP contribution is -2.29. The molecule has 0 bridgehead atoms. The van der Waals surface area contributed by atoms with Gasteiger partial charge in [-0.25, -0.2) is 4.79 Å². The SMILES string of the molecule is C=CCc1cc(C(C)=C(NC(C)=O)C(=O)O)c2ccccc2c1[SiH](C)C. The molecular formula is C21H25NO3Si. The minimum Gasteiger partial charge on any atom is -0.477 e. The molecule has 1 amide bonds. The summed E-state index contributed by atoms with van der Waals surface area (Å²) in [6.45, 7) is 11.5. The van der Waals surface area contributed by atoms with Crippen molar-refractivity contribution in [1.82, 2.24) is 5.32 Å². The fourth-order valence-electron chi connectivity index (χ4n) is 3.39. The van der Waals surface area contributed by atoms with Gasteiger partial charge in [0, 0.05) is 6.92 Å². The molecule has 2 N–H and O–H groups in total. The number of aliphatic carboxylic acids is 1. The Hall–Kier alpha value is -2.66. The summed E-state index contributed by atoms with van der Waals surface area (Å²) in [7, 11) is -1.12. The van der Waals surface area contributed by atoms with Crippen LogP contribution in [-0.2, 0) is 16.0 Å². The summed E-state index contributed by atoms with van der Waals surface area (Å²) < 4.78 is 0. The van der Waals surface area contributed by atoms with Crippen LogP contribution in [0, 0.1) is 0 Å². The van der Waals surface area contributed by atoms with Crippen LogP contribution in [0.4, 0.5) is 0 Å². The number of amides is 1. The normalized spacial score (nSPS) is 12.0. The molecular weight excluding hydrogens is 342 g/mol. The maximum absolute atomic E-state index is 11.7. The fraction of sp³-hybridized carbons (Fsp3) is 0.238. The van der Waals surface area contributed by atoms with Crippen LogP contribution in [0.2, 0.25) is 13.1 Å². The molecule has 5 heteroatoms. The topological polar surface area (TPSA) is 66.4 Å². The Bertz CT molecular complexity index is 913. The molecule has 136 valence electrons. The lowest BCUT2D eigenvalue weighted by Gasteiger charge is -2.19. The maximum atomic E-state index is 11.7. The van der Waals surface area contributed by atoms with Crippen molar-refractivity contribution < 1.29 is 14.7 Å². The molecule has 2 aromatic rings. The van der Waals surface area contributed by atoms with Crippen molar-refractivity contribution in [3.05, 3.63) is 59.8 Å². The van der Waals surface area contributed by atoms with E-state index in [2.05, 4.69) is 37.1 Å². The first kappa shape index (κ1) is 19.7. The zero-order chi connectivity index (χ0) is 19.4. The Morgan fingerprint density at radius 2 is 1.81 bits per heavy atom. The van der Waals surface area contributed by atoms with Gasteiger partial charge in [-0.15, -0.1) is 6.58 Å². The van der Waals surface area contributed by atoms with Crippen LogP contribution in [0.25, 0.3) is 16.3 Å². The van der Waals surface area contributed by atoms with E-state index in [-0.39, 0.29) is 5.70 Å². The number of carboxylic acids is 1. The Morgan fingerprint density at radius 3 is 2.31 bits per heavy atom. The van der Waals surface area contributed by atoms with Gasteiger partial charge >= 0.3 is 5.97 Å². The molecule has 0 unspecified atom stereocenters. The van der Waals surface area contributed by atoms with Gasteiger partial charge in [-0.3, -0.25) is 4.79 Å². The number of hydrogen-bond acceptors (Lipinski definition) is 2. The average molecular weight is 368 g/mol. The van der Waals surface area contributed by atoms with Crippen molar-refractivity contribution in [3.63, 3.8) is 0 Å². The first-order valence-corrected chi connectivity index (χ1v) is 11.5. The average Bonchev–Trinajstić information content (AvgIpc) is 2.57. The van der Waals surface area contributed by atoms with E-state index in [4.69, 9.17) is 0 Å². The van der Waals surface area contributed by atoms with E-state index in [9.17, 15) is 14.7 Å². The smallest absolute Gasteiger partial charge is 0.352 e. The molecule has 0 atom stereocenters. The highest BCUT2D eigenvalue weighted by molar-refractivity contribution is 6.73. The van der Waals surface area contributed by atoms with Gasteiger partial charge in [-0.1, -0.05) is 54.7 Å². The number of hydrogen-bond donors (Lipinski definition) is 2. The minimum absolute atomic E-state index is 0.0817. The van der Waals surface area contributed by atoms with Crippen LogP contribution in [0.15, 0.2) is 48.7 Å². The third kappa shape index (κ3) is 3.94. The molecule has 0 saturated carbocycles. The summed E-state index contributed by atoms with van der Waals surface area (Å²) in [6.07, 6.45) is 2.60. The van der Waals surface area contributed by atoms with Gasteiger partial charge in [0.25, 0.3) is 0 Å². The fourth-order valence-corrected chi connectivity index (χ4v) is 5.21. The molecule has 2 rings (SSSR count). The monoisotopic (exact) mass is 367 g/mol. The van der Waals surface area contributed by atoms with Crippen molar-refractivity contribution in [2.45, 2.75) is 33.4 Å². The van der Waals surface area contributed by atoms with Crippen LogP contribution in [0.5, 0.6) is 0 Å². The number of carboxylic acid groups (broad SMARTS) is 1. The van der Waals surface area contributed by atoms with Gasteiger partial charge in [0.05, 0.1) is 8.80 Å². The van der Waals surface area contributed by atoms with E-state index >= 15 is 0 Å². The number of benzene rings is 2. The van der Waals surface area contributed by atoms with Crippen LogP contribution in [0.3, 0.4) is 0 Å². The van der Waals surface area contributed by atoms with E-state index in [0.717, 1.165) is 22.8 Å². The van der Waals surface area contributed by atoms with Gasteiger partial charge in [0.2, 0.25) is 5.91 Å². The maximum Gasteiger partial charge on any atom is 0.352 e. The molecule has 0 fully saturated rings. The molecule has 0 aromatic heterocycles. The van der Waals surface area contributed by atoms with Crippen molar-refractivity contribution in [2.75, 3.05) is 0 Å². The highest BCUT2D eigenvalue weighted by Crippen LogP contribution is 2.28. The summed E-state index contributed by atoms with van der Waals surface area (Å²) in [5.41, 5.74) is 2.48. The van der Waals surface area contributed by atoms with E-state index in [1.165, 1.54) is 17.7 Å². The van der Waals surface area contributed by atoms with Crippen LogP contribution in [0.1, 0.15) is 25.0 Å². The predicted molar refractivity (Wildman–Crippen MR) is 110 cm³/mol. The molecule has 0 aliphatic heterocycles. The predicted octanol–water partition coefficient (Wildman–Crippen LogP) is 3.21. The summed E-state index contributed by atoms with van der Waals surface area (Å²) in [5, 5.41) is 15.6. The number of carbonyl (C=O) groups excluding carboxylic acids is 1. The summed E-state index contributed by atoms with van der Waals surface area (Å²) >= 11 is 0. The van der Waals surface area contributed by atoms with Crippen molar-refractivity contribution in [1.29, 1.82) is 0 Å². The first-order chi connectivity index (χ1) is 12.3. The first-order valence-electron chi connectivity index (χ1n) is 8.65. The number of nitrogens with one attached hydrogen (secondary N) is 1. The number of allylic oxidation sites excluding steroid dienone is 2. The standard InChI is InChI=1S/C21H25NO3Si/c1-6-9-15-12-18(13(2)19(21(24)25)22-14(3)23)16-10-7-8-11-17(16)20(15)26(4)5/h6-8,10-12,26H,1,9H2,2-5H3,(H,22,23)(H,24,25). The van der Waals surface area contributed by atoms with Gasteiger partial charge in [0.1, 0.15) is 5.70 Å². The van der Waals surface area contributed by atoms with Crippen molar-refractivity contribution in [3.8, 4) is 0 Å². The zero-order valence-electron chi connectivity index (χ0n) is 15.7. The van der Waals surface area contributed by atoms with Gasteiger partial charge < -0.3 is 10.4 Å². The second-order valence-corrected chi connectivity index (χ2v) is 9.56. The summed E-state index contributed by atoms with van der Waals surface area (Å²) in [6, 6.07) is 10.1. The third-order valence-electron chi connectivity index (χ3n) is 4.41. The zero-order valence-corrected chi connectivity index (χ0v) is 16.9. The summed E-state index contributed by atoms with van der Waals surface area (Å²) in [4.78, 5) is 23.1. The number of carbonyl (C=O) groups is 2. The Morgan fingerprint density at radius 1 is 1.19 bits per heavy atom. The Balaban J connectivity index is 2.90. The van der Waals surface area contributed by atoms with Crippen LogP contribution in [-0.4, -0.2) is 25.8 Å². The molecule has 0 spiro atoms. The minimum atomic E-state index is -1.14. The van der Waals surface area contributed by atoms with Gasteiger partial charge in [0.15, 0.2) is 0 Å². The van der Waals surface area contributed by atoms with Gasteiger partial charge in [-0.2, -0.15) is 0 Å². The highest BCUT2D eigenvalue weighted by Gasteiger charge is 2.19. The van der Waals surface area contributed by atoms with Crippen molar-refractivity contribution in [2.24, 2.45) is 0 Å². The summed E-state index contributed by atoms with van der Waals surface area (Å²) in [5.74, 6) is -1.54. The molecule has 0 heterocycles. The van der Waals surface area contributed by atoms with Crippen molar-refractivity contribution >= 4 is 42.2 Å². The lowest BCUT2D eigenvalue weighted by atomic mass is 9.94. The molecule has 2 aromatic carbocycles. The molecule has 0 aliphatic carbocycles. The largest absolute Gasteiger partial charge is 0.477 e. The van der Waals surface area contributed by atoms with Crippen LogP contribution < -0.4 is 10.5 Å². The quantitative estimate of drug-likeness (QED) is 0.468. The number of rotatable bonds is 6. The molecule has 4 nitrogen and oxygen atoms in total. The Labute approximate surface area is 155 Å². The lowest BCUT2D eigenvalue weighted by molar-refractivity contribution is -0.134. The highest BCUT2D eigenvalue weighted by atomic mass is 28.3. The van der Waals surface area contributed by atoms with E-state index in [1.54, 1.807) is 6.92 Å². The van der Waals surface area contributed by atoms with Crippen LogP contribution >= 0.6 is 0 Å². The molecule has 0 aliphatic rings. The van der Waals surface area contributed by atoms with E-state index in [0.29, 0.717) is 5.57 Å². The molecule has 26 heavy (non-hydrogen) atoms.